The summed E-state index contributed by atoms with van der Waals surface area (Å²) in [6, 6.07) is 6.98. The summed E-state index contributed by atoms with van der Waals surface area (Å²) in [6.07, 6.45) is 1.22. The van der Waals surface area contributed by atoms with Gasteiger partial charge < -0.3 is 14.8 Å². The van der Waals surface area contributed by atoms with E-state index < -0.39 is 0 Å². The average molecular weight is 421 g/mol. The fourth-order valence-corrected chi connectivity index (χ4v) is 4.44. The normalized spacial score (nSPS) is 19.4. The molecule has 0 saturated carbocycles. The molecule has 2 N–H and O–H groups in total. The van der Waals surface area contributed by atoms with Gasteiger partial charge in [-0.3, -0.25) is 9.59 Å². The van der Waals surface area contributed by atoms with Crippen LogP contribution in [-0.2, 0) is 11.2 Å². The van der Waals surface area contributed by atoms with E-state index in [2.05, 4.69) is 20.6 Å². The summed E-state index contributed by atoms with van der Waals surface area (Å²) in [7, 11) is 0. The highest BCUT2D eigenvalue weighted by atomic mass is 16.5. The molecule has 2 aliphatic rings. The zero-order chi connectivity index (χ0) is 21.7. The number of hydrogen-bond donors (Lipinski definition) is 2. The Morgan fingerprint density at radius 2 is 2.10 bits per heavy atom. The average Bonchev–Trinajstić information content (AvgIpc) is 3.26. The second-order valence-electron chi connectivity index (χ2n) is 7.91. The Morgan fingerprint density at radius 3 is 2.84 bits per heavy atom. The van der Waals surface area contributed by atoms with Gasteiger partial charge in [-0.05, 0) is 39.0 Å². The Morgan fingerprint density at radius 1 is 1.26 bits per heavy atom. The van der Waals surface area contributed by atoms with Gasteiger partial charge in [0.15, 0.2) is 5.82 Å². The number of fused-ring (bicyclic) bond motifs is 2. The third-order valence-electron chi connectivity index (χ3n) is 5.69. The first-order chi connectivity index (χ1) is 14.9. The molecule has 2 aromatic heterocycles. The number of aromatic amines is 1. The highest BCUT2D eigenvalue weighted by molar-refractivity contribution is 5.95. The number of carbonyl (C=O) groups is 1. The van der Waals surface area contributed by atoms with Gasteiger partial charge in [-0.2, -0.15) is 14.9 Å². The van der Waals surface area contributed by atoms with E-state index in [0.717, 1.165) is 40.3 Å². The van der Waals surface area contributed by atoms with Crippen LogP contribution in [0.15, 0.2) is 29.1 Å². The van der Waals surface area contributed by atoms with Crippen molar-refractivity contribution in [1.29, 1.82) is 0 Å². The van der Waals surface area contributed by atoms with Crippen LogP contribution in [0.5, 0.6) is 11.5 Å². The predicted octanol–water partition coefficient (Wildman–Crippen LogP) is 2.46. The summed E-state index contributed by atoms with van der Waals surface area (Å²) in [4.78, 5) is 24.1. The van der Waals surface area contributed by atoms with E-state index in [9.17, 15) is 9.59 Å². The standard InChI is InChI=1S/C22H23N5O4/c1-4-30-17-8-13-7-11(2)31-16(13)9-14(17)15-10-20(29)23-22-21(15)12(3)26-27(22)18-5-6-19(28)25-24-18/h5-6,8-9,11,15H,4,7,10H2,1-3H3,(H,23,29)(H,25,28)/t11-,15+/m1/s1. The summed E-state index contributed by atoms with van der Waals surface area (Å²) in [5, 5.41) is 14.0. The number of carbonyl (C=O) groups excluding carboxylic acids is 1. The van der Waals surface area contributed by atoms with Gasteiger partial charge in [-0.25, -0.2) is 5.10 Å². The lowest BCUT2D eigenvalue weighted by atomic mass is 9.84. The van der Waals surface area contributed by atoms with E-state index in [4.69, 9.17) is 9.47 Å². The quantitative estimate of drug-likeness (QED) is 0.669. The van der Waals surface area contributed by atoms with Crippen LogP contribution < -0.4 is 20.3 Å². The molecule has 1 amide bonds. The number of anilines is 1. The molecular formula is C22H23N5O4. The molecule has 0 bridgehead atoms. The molecule has 2 aliphatic heterocycles. The van der Waals surface area contributed by atoms with Crippen molar-refractivity contribution in [2.45, 2.75) is 45.6 Å². The van der Waals surface area contributed by atoms with Gasteiger partial charge in [0.2, 0.25) is 5.91 Å². The molecule has 2 atom stereocenters. The van der Waals surface area contributed by atoms with Gasteiger partial charge in [-0.15, -0.1) is 0 Å². The number of amides is 1. The minimum absolute atomic E-state index is 0.112. The fraction of sp³-hybridized carbons (Fsp3) is 0.364. The Labute approximate surface area is 178 Å². The van der Waals surface area contributed by atoms with Crippen molar-refractivity contribution >= 4 is 11.7 Å². The van der Waals surface area contributed by atoms with Crippen LogP contribution in [0.3, 0.4) is 0 Å². The monoisotopic (exact) mass is 421 g/mol. The van der Waals surface area contributed by atoms with Gasteiger partial charge in [-0.1, -0.05) is 0 Å². The van der Waals surface area contributed by atoms with E-state index in [0.29, 0.717) is 18.2 Å². The Hall–Kier alpha value is -3.62. The van der Waals surface area contributed by atoms with E-state index in [1.807, 2.05) is 32.9 Å². The van der Waals surface area contributed by atoms with Gasteiger partial charge in [0.25, 0.3) is 5.56 Å². The van der Waals surface area contributed by atoms with E-state index in [1.165, 1.54) is 6.07 Å². The van der Waals surface area contributed by atoms with Crippen molar-refractivity contribution in [3.8, 4) is 17.3 Å². The first kappa shape index (κ1) is 19.3. The molecule has 9 heteroatoms. The van der Waals surface area contributed by atoms with Gasteiger partial charge in [0.1, 0.15) is 23.4 Å². The number of hydrogen-bond acceptors (Lipinski definition) is 6. The molecule has 0 saturated heterocycles. The maximum atomic E-state index is 12.7. The molecule has 0 fully saturated rings. The molecule has 0 radical (unpaired) electrons. The summed E-state index contributed by atoms with van der Waals surface area (Å²) in [5.74, 6) is 2.20. The zero-order valence-electron chi connectivity index (χ0n) is 17.6. The first-order valence-electron chi connectivity index (χ1n) is 10.4. The van der Waals surface area contributed by atoms with Gasteiger partial charge in [0, 0.05) is 41.5 Å². The van der Waals surface area contributed by atoms with E-state index >= 15 is 0 Å². The SMILES string of the molecule is CCOc1cc2c(cc1[C@@H]1CC(=O)Nc3c1c(C)nn3-c1ccc(=O)[nH]n1)O[C@H](C)C2. The summed E-state index contributed by atoms with van der Waals surface area (Å²) < 4.78 is 13.5. The molecule has 31 heavy (non-hydrogen) atoms. The molecule has 0 unspecified atom stereocenters. The summed E-state index contributed by atoms with van der Waals surface area (Å²) >= 11 is 0. The maximum Gasteiger partial charge on any atom is 0.264 e. The lowest BCUT2D eigenvalue weighted by molar-refractivity contribution is -0.116. The van der Waals surface area contributed by atoms with Crippen LogP contribution in [0.2, 0.25) is 0 Å². The molecule has 9 nitrogen and oxygen atoms in total. The molecule has 4 heterocycles. The zero-order valence-corrected chi connectivity index (χ0v) is 17.6. The second-order valence-corrected chi connectivity index (χ2v) is 7.91. The number of nitrogens with zero attached hydrogens (tertiary/aromatic N) is 3. The van der Waals surface area contributed by atoms with Crippen LogP contribution in [0.1, 0.15) is 48.6 Å². The van der Waals surface area contributed by atoms with Crippen LogP contribution in [0.25, 0.3) is 5.82 Å². The number of aryl methyl sites for hydroxylation is 1. The first-order valence-corrected chi connectivity index (χ1v) is 10.4. The molecular weight excluding hydrogens is 398 g/mol. The molecule has 3 aromatic rings. The van der Waals surface area contributed by atoms with Gasteiger partial charge in [0.05, 0.1) is 12.3 Å². The molecule has 5 rings (SSSR count). The highest BCUT2D eigenvalue weighted by Crippen LogP contribution is 2.46. The molecule has 0 spiro atoms. The fourth-order valence-electron chi connectivity index (χ4n) is 4.44. The smallest absolute Gasteiger partial charge is 0.264 e. The van der Waals surface area contributed by atoms with Crippen molar-refractivity contribution in [1.82, 2.24) is 20.0 Å². The summed E-state index contributed by atoms with van der Waals surface area (Å²) in [5.41, 5.74) is 3.38. The Bertz CT molecular complexity index is 1220. The second kappa shape index (κ2) is 7.26. The minimum Gasteiger partial charge on any atom is -0.494 e. The number of aromatic nitrogens is 4. The van der Waals surface area contributed by atoms with Crippen LogP contribution >= 0.6 is 0 Å². The molecule has 1 aromatic carbocycles. The maximum absolute atomic E-state index is 12.7. The van der Waals surface area contributed by atoms with Crippen LogP contribution in [0, 0.1) is 6.92 Å². The third kappa shape index (κ3) is 3.26. The number of rotatable bonds is 4. The number of benzene rings is 1. The van der Waals surface area contributed by atoms with Crippen molar-refractivity contribution in [2.24, 2.45) is 0 Å². The van der Waals surface area contributed by atoms with Gasteiger partial charge >= 0.3 is 0 Å². The number of H-pyrrole nitrogens is 1. The predicted molar refractivity (Wildman–Crippen MR) is 113 cm³/mol. The third-order valence-corrected chi connectivity index (χ3v) is 5.69. The van der Waals surface area contributed by atoms with E-state index in [1.54, 1.807) is 10.7 Å². The number of nitrogens with one attached hydrogen (secondary N) is 2. The lowest BCUT2D eigenvalue weighted by Crippen LogP contribution is -2.25. The highest BCUT2D eigenvalue weighted by Gasteiger charge is 2.36. The topological polar surface area (TPSA) is 111 Å². The van der Waals surface area contributed by atoms with Crippen molar-refractivity contribution < 1.29 is 14.3 Å². The minimum atomic E-state index is -0.308. The largest absolute Gasteiger partial charge is 0.494 e. The lowest BCUT2D eigenvalue weighted by Gasteiger charge is -2.26. The molecule has 0 aliphatic carbocycles. The Balaban J connectivity index is 1.67. The van der Waals surface area contributed by atoms with Crippen molar-refractivity contribution in [3.05, 3.63) is 57.0 Å². The summed E-state index contributed by atoms with van der Waals surface area (Å²) in [6.45, 7) is 6.41. The van der Waals surface area contributed by atoms with Crippen molar-refractivity contribution in [2.75, 3.05) is 11.9 Å². The Kier molecular flexibility index (Phi) is 4.53. The molecule has 160 valence electrons. The van der Waals surface area contributed by atoms with Crippen molar-refractivity contribution in [3.63, 3.8) is 0 Å². The van der Waals surface area contributed by atoms with E-state index in [-0.39, 0.29) is 29.9 Å². The van der Waals surface area contributed by atoms with Crippen LogP contribution in [0.4, 0.5) is 5.82 Å². The van der Waals surface area contributed by atoms with Crippen LogP contribution in [-0.4, -0.2) is 38.6 Å². The number of ether oxygens (including phenoxy) is 2.